The Morgan fingerprint density at radius 3 is 1.90 bits per heavy atom. The number of aromatic nitrogens is 1. The van der Waals surface area contributed by atoms with E-state index in [1.54, 1.807) is 6.08 Å². The first-order valence-electron chi connectivity index (χ1n) is 10.3. The van der Waals surface area contributed by atoms with Crippen LogP contribution in [0.3, 0.4) is 0 Å². The van der Waals surface area contributed by atoms with Crippen LogP contribution >= 0.6 is 12.6 Å². The monoisotopic (exact) mass is 427 g/mol. The van der Waals surface area contributed by atoms with Gasteiger partial charge in [0.15, 0.2) is 0 Å². The maximum atomic E-state index is 7.57. The van der Waals surface area contributed by atoms with E-state index in [-0.39, 0.29) is 0 Å². The molecule has 0 bridgehead atoms. The fourth-order valence-electron chi connectivity index (χ4n) is 2.42. The summed E-state index contributed by atoms with van der Waals surface area (Å²) in [6.45, 7) is 20.1. The molecule has 0 aliphatic carbocycles. The Hall–Kier alpha value is -2.07. The van der Waals surface area contributed by atoms with Crippen molar-refractivity contribution in [1.29, 1.82) is 5.41 Å². The van der Waals surface area contributed by atoms with Gasteiger partial charge in [-0.05, 0) is 61.9 Å². The van der Waals surface area contributed by atoms with Gasteiger partial charge in [0.2, 0.25) is 0 Å². The number of nitrogens with zero attached hydrogens (tertiary/aromatic N) is 2. The number of benzene rings is 1. The molecule has 0 aliphatic heterocycles. The Bertz CT molecular complexity index is 825. The Kier molecular flexibility index (Phi) is 11.1. The second kappa shape index (κ2) is 11.9. The number of aryl methyl sites for hydroxylation is 2. The Balaban J connectivity index is 0.000000902. The lowest BCUT2D eigenvalue weighted by atomic mass is 9.95. The van der Waals surface area contributed by atoms with E-state index < -0.39 is 4.75 Å². The lowest BCUT2D eigenvalue weighted by molar-refractivity contribution is 0.469. The van der Waals surface area contributed by atoms with Gasteiger partial charge in [-0.3, -0.25) is 0 Å². The van der Waals surface area contributed by atoms with Crippen LogP contribution in [0.1, 0.15) is 58.2 Å². The third kappa shape index (κ3) is 9.62. The van der Waals surface area contributed by atoms with E-state index in [1.807, 2.05) is 38.9 Å². The van der Waals surface area contributed by atoms with Gasteiger partial charge in [0.25, 0.3) is 0 Å². The van der Waals surface area contributed by atoms with Gasteiger partial charge in [-0.15, -0.1) is 6.58 Å². The van der Waals surface area contributed by atoms with Gasteiger partial charge in [-0.2, -0.15) is 12.6 Å². The zero-order chi connectivity index (χ0) is 23.7. The number of hydrogen-bond donors (Lipinski definition) is 2. The lowest BCUT2D eigenvalue weighted by Gasteiger charge is -2.21. The van der Waals surface area contributed by atoms with E-state index in [9.17, 15) is 0 Å². The summed E-state index contributed by atoms with van der Waals surface area (Å²) in [5.41, 5.74) is 5.85. The molecule has 0 amide bonds. The summed E-state index contributed by atoms with van der Waals surface area (Å²) in [4.78, 5) is 6.82. The quantitative estimate of drug-likeness (QED) is 0.302. The second-order valence-corrected chi connectivity index (χ2v) is 10.4. The average Bonchev–Trinajstić information content (AvgIpc) is 2.61. The first-order chi connectivity index (χ1) is 13.7. The van der Waals surface area contributed by atoms with Crippen LogP contribution in [0.2, 0.25) is 0 Å². The second-order valence-electron chi connectivity index (χ2n) is 9.46. The molecule has 0 saturated carbocycles. The van der Waals surface area contributed by atoms with Crippen molar-refractivity contribution in [3.63, 3.8) is 0 Å². The number of hydrogen-bond acceptors (Lipinski definition) is 4. The Morgan fingerprint density at radius 1 is 1.00 bits per heavy atom. The van der Waals surface area contributed by atoms with Crippen LogP contribution in [0.15, 0.2) is 43.0 Å². The summed E-state index contributed by atoms with van der Waals surface area (Å²) in [6.07, 6.45) is 3.11. The minimum Gasteiger partial charge on any atom is -0.363 e. The molecule has 1 atom stereocenters. The molecular weight excluding hydrogens is 386 g/mol. The first-order valence-corrected chi connectivity index (χ1v) is 10.7. The van der Waals surface area contributed by atoms with Gasteiger partial charge < -0.3 is 10.3 Å². The molecular formula is C26H41N3S. The van der Waals surface area contributed by atoms with Crippen LogP contribution in [0.25, 0.3) is 11.3 Å². The Labute approximate surface area is 190 Å². The van der Waals surface area contributed by atoms with Crippen LogP contribution in [-0.2, 0) is 4.75 Å². The SMILES string of the molecule is C=CC.CC(C)(C)C.Cc1ccc(C(C)(S)C=N)cc1-c1ccc(C)c(N(C)C)n1. The highest BCUT2D eigenvalue weighted by Crippen LogP contribution is 2.32. The molecule has 2 aromatic rings. The predicted molar refractivity (Wildman–Crippen MR) is 140 cm³/mol. The van der Waals surface area contributed by atoms with Crippen molar-refractivity contribution in [2.75, 3.05) is 19.0 Å². The van der Waals surface area contributed by atoms with Crippen molar-refractivity contribution >= 4 is 24.7 Å². The third-order valence-corrected chi connectivity index (χ3v) is 4.26. The van der Waals surface area contributed by atoms with Gasteiger partial charge in [0.05, 0.1) is 10.4 Å². The molecule has 1 unspecified atom stereocenters. The number of thiol groups is 1. The molecule has 2 rings (SSSR count). The zero-order valence-electron chi connectivity index (χ0n) is 20.6. The van der Waals surface area contributed by atoms with E-state index in [0.717, 1.165) is 28.2 Å². The van der Waals surface area contributed by atoms with Gasteiger partial charge in [-0.1, -0.05) is 52.0 Å². The van der Waals surface area contributed by atoms with Crippen molar-refractivity contribution < 1.29 is 0 Å². The van der Waals surface area contributed by atoms with E-state index in [2.05, 4.69) is 85.0 Å². The smallest absolute Gasteiger partial charge is 0.131 e. The summed E-state index contributed by atoms with van der Waals surface area (Å²) in [7, 11) is 4.00. The first kappa shape index (κ1) is 27.9. The molecule has 166 valence electrons. The van der Waals surface area contributed by atoms with Crippen LogP contribution in [-0.4, -0.2) is 25.3 Å². The molecule has 1 N–H and O–H groups in total. The summed E-state index contributed by atoms with van der Waals surface area (Å²) in [6, 6.07) is 10.3. The minimum atomic E-state index is -0.572. The van der Waals surface area contributed by atoms with Crippen molar-refractivity contribution in [2.45, 2.75) is 60.1 Å². The molecule has 1 aromatic heterocycles. The largest absolute Gasteiger partial charge is 0.363 e. The number of anilines is 1. The summed E-state index contributed by atoms with van der Waals surface area (Å²) >= 11 is 4.57. The van der Waals surface area contributed by atoms with E-state index >= 15 is 0 Å². The molecule has 0 fully saturated rings. The molecule has 4 heteroatoms. The zero-order valence-corrected chi connectivity index (χ0v) is 21.5. The van der Waals surface area contributed by atoms with E-state index in [0.29, 0.717) is 5.41 Å². The predicted octanol–water partition coefficient (Wildman–Crippen LogP) is 7.47. The highest BCUT2D eigenvalue weighted by molar-refractivity contribution is 7.82. The highest BCUT2D eigenvalue weighted by Gasteiger charge is 2.20. The fourth-order valence-corrected chi connectivity index (χ4v) is 2.56. The van der Waals surface area contributed by atoms with Crippen LogP contribution in [0.5, 0.6) is 0 Å². The number of nitrogens with one attached hydrogen (secondary N) is 1. The van der Waals surface area contributed by atoms with Crippen LogP contribution < -0.4 is 4.90 Å². The van der Waals surface area contributed by atoms with Crippen molar-refractivity contribution in [3.8, 4) is 11.3 Å². The third-order valence-electron chi connectivity index (χ3n) is 3.87. The molecule has 1 aromatic carbocycles. The lowest BCUT2D eigenvalue weighted by Crippen LogP contribution is -2.15. The molecule has 1 heterocycles. The van der Waals surface area contributed by atoms with Crippen molar-refractivity contribution in [1.82, 2.24) is 4.98 Å². The molecule has 0 spiro atoms. The van der Waals surface area contributed by atoms with Gasteiger partial charge in [0.1, 0.15) is 5.82 Å². The van der Waals surface area contributed by atoms with Crippen molar-refractivity contribution in [3.05, 3.63) is 59.7 Å². The standard InChI is InChI=1S/C18H23N3S.C5H12.C3H6/c1-12-6-8-14(18(3,22)11-19)10-15(12)16-9-7-13(2)17(20-16)21(4)5;1-5(2,3)4;1-3-2/h6-11,19,22H,1-5H3;1-4H3;3H,1H2,2H3. The molecule has 3 nitrogen and oxygen atoms in total. The van der Waals surface area contributed by atoms with Crippen LogP contribution in [0, 0.1) is 24.7 Å². The van der Waals surface area contributed by atoms with Crippen molar-refractivity contribution in [2.24, 2.45) is 5.41 Å². The maximum absolute atomic E-state index is 7.57. The fraction of sp³-hybridized carbons (Fsp3) is 0.462. The summed E-state index contributed by atoms with van der Waals surface area (Å²) in [5.74, 6) is 0.975. The molecule has 30 heavy (non-hydrogen) atoms. The number of allylic oxidation sites excluding steroid dienone is 1. The Morgan fingerprint density at radius 2 is 1.47 bits per heavy atom. The average molecular weight is 428 g/mol. The van der Waals surface area contributed by atoms with Gasteiger partial charge >= 0.3 is 0 Å². The summed E-state index contributed by atoms with van der Waals surface area (Å²) < 4.78 is -0.572. The summed E-state index contributed by atoms with van der Waals surface area (Å²) in [5, 5.41) is 7.57. The normalized spacial score (nSPS) is 12.4. The molecule has 0 saturated heterocycles. The van der Waals surface area contributed by atoms with Crippen LogP contribution in [0.4, 0.5) is 5.82 Å². The molecule has 0 radical (unpaired) electrons. The van der Waals surface area contributed by atoms with Gasteiger partial charge in [0, 0.05) is 25.9 Å². The molecule has 0 aliphatic rings. The van der Waals surface area contributed by atoms with Gasteiger partial charge in [-0.25, -0.2) is 4.98 Å². The number of rotatable bonds is 4. The topological polar surface area (TPSA) is 40.0 Å². The number of pyridine rings is 1. The van der Waals surface area contributed by atoms with E-state index in [1.165, 1.54) is 11.8 Å². The highest BCUT2D eigenvalue weighted by atomic mass is 32.1. The maximum Gasteiger partial charge on any atom is 0.131 e. The van der Waals surface area contributed by atoms with E-state index in [4.69, 9.17) is 10.4 Å². The minimum absolute atomic E-state index is 0.500.